The Morgan fingerprint density at radius 3 is 2.59 bits per heavy atom. The molecule has 32 heavy (non-hydrogen) atoms. The molecule has 1 aliphatic heterocycles. The number of nitrogens with one attached hydrogen (secondary N) is 1. The van der Waals surface area contributed by atoms with E-state index in [4.69, 9.17) is 4.74 Å². The van der Waals surface area contributed by atoms with Gasteiger partial charge in [-0.1, -0.05) is 24.3 Å². The minimum Gasteiger partial charge on any atom is -0.378 e. The van der Waals surface area contributed by atoms with Crippen LogP contribution < -0.4 is 10.2 Å². The van der Waals surface area contributed by atoms with Gasteiger partial charge < -0.3 is 15.0 Å². The molecule has 4 aromatic rings. The summed E-state index contributed by atoms with van der Waals surface area (Å²) in [5, 5.41) is 12.9. The molecule has 1 saturated heterocycles. The Kier molecular flexibility index (Phi) is 5.76. The van der Waals surface area contributed by atoms with E-state index in [0.29, 0.717) is 19.8 Å². The molecule has 1 N–H and O–H groups in total. The van der Waals surface area contributed by atoms with Crippen molar-refractivity contribution in [2.45, 2.75) is 13.0 Å². The highest BCUT2D eigenvalue weighted by Crippen LogP contribution is 2.25. The van der Waals surface area contributed by atoms with Gasteiger partial charge in [-0.25, -0.2) is 0 Å². The summed E-state index contributed by atoms with van der Waals surface area (Å²) < 4.78 is 7.40. The van der Waals surface area contributed by atoms with Gasteiger partial charge in [0.15, 0.2) is 11.6 Å². The van der Waals surface area contributed by atoms with Gasteiger partial charge in [0.05, 0.1) is 25.2 Å². The fourth-order valence-corrected chi connectivity index (χ4v) is 3.93. The largest absolute Gasteiger partial charge is 0.378 e. The lowest BCUT2D eigenvalue weighted by Gasteiger charge is -2.27. The molecule has 0 unspecified atom stereocenters. The molecule has 8 heteroatoms. The lowest BCUT2D eigenvalue weighted by Crippen LogP contribution is -2.36. The van der Waals surface area contributed by atoms with E-state index in [0.717, 1.165) is 46.8 Å². The van der Waals surface area contributed by atoms with Crippen LogP contribution in [-0.4, -0.2) is 52.0 Å². The van der Waals surface area contributed by atoms with Crippen molar-refractivity contribution in [3.05, 3.63) is 78.2 Å². The molecule has 162 valence electrons. The monoisotopic (exact) mass is 428 g/mol. The van der Waals surface area contributed by atoms with Gasteiger partial charge >= 0.3 is 0 Å². The fourth-order valence-electron chi connectivity index (χ4n) is 3.93. The number of ether oxygens (including phenoxy) is 1. The number of nitrogens with zero attached hydrogens (tertiary/aromatic N) is 5. The molecule has 3 aromatic heterocycles. The van der Waals surface area contributed by atoms with E-state index in [9.17, 15) is 4.79 Å². The predicted octanol–water partition coefficient (Wildman–Crippen LogP) is 2.51. The molecule has 5 rings (SSSR count). The number of anilines is 1. The number of hydrogen-bond donors (Lipinski definition) is 1. The number of hydrogen-bond acceptors (Lipinski definition) is 6. The Hall–Kier alpha value is -3.78. The van der Waals surface area contributed by atoms with E-state index in [1.54, 1.807) is 12.4 Å². The molecule has 1 fully saturated rings. The van der Waals surface area contributed by atoms with Crippen LogP contribution in [0.4, 0.5) is 5.82 Å². The minimum absolute atomic E-state index is 0.0366. The fraction of sp³-hybridized carbons (Fsp3) is 0.250. The number of aromatic nitrogens is 4. The van der Waals surface area contributed by atoms with Gasteiger partial charge in [-0.2, -0.15) is 0 Å². The molecule has 1 amide bonds. The number of para-hydroxylation sites is 1. The molecular formula is C24H24N6O2. The maximum Gasteiger partial charge on any atom is 0.224 e. The number of carbonyl (C=O) groups is 1. The highest BCUT2D eigenvalue weighted by Gasteiger charge is 2.16. The van der Waals surface area contributed by atoms with E-state index in [1.807, 2.05) is 59.3 Å². The van der Waals surface area contributed by atoms with Crippen molar-refractivity contribution in [2.75, 3.05) is 31.2 Å². The van der Waals surface area contributed by atoms with E-state index < -0.39 is 0 Å². The van der Waals surface area contributed by atoms with E-state index in [-0.39, 0.29) is 12.3 Å². The Morgan fingerprint density at radius 2 is 1.81 bits per heavy atom. The summed E-state index contributed by atoms with van der Waals surface area (Å²) in [7, 11) is 0. The van der Waals surface area contributed by atoms with Gasteiger partial charge in [0.1, 0.15) is 0 Å². The topological polar surface area (TPSA) is 85.2 Å². The third-order valence-corrected chi connectivity index (χ3v) is 5.58. The second-order valence-corrected chi connectivity index (χ2v) is 7.71. The first-order chi connectivity index (χ1) is 15.8. The summed E-state index contributed by atoms with van der Waals surface area (Å²) in [5.74, 6) is 1.54. The second kappa shape index (κ2) is 9.15. The maximum atomic E-state index is 12.6. The van der Waals surface area contributed by atoms with Crippen molar-refractivity contribution in [2.24, 2.45) is 0 Å². The van der Waals surface area contributed by atoms with Crippen molar-refractivity contribution in [3.63, 3.8) is 0 Å². The zero-order valence-corrected chi connectivity index (χ0v) is 17.6. The van der Waals surface area contributed by atoms with E-state index >= 15 is 0 Å². The molecular weight excluding hydrogens is 404 g/mol. The maximum absolute atomic E-state index is 12.6. The van der Waals surface area contributed by atoms with Crippen molar-refractivity contribution >= 4 is 22.6 Å². The summed E-state index contributed by atoms with van der Waals surface area (Å²) in [6, 6.07) is 15.8. The highest BCUT2D eigenvalue weighted by atomic mass is 16.5. The number of fused-ring (bicyclic) bond motifs is 1. The number of rotatable bonds is 6. The van der Waals surface area contributed by atoms with Crippen molar-refractivity contribution < 1.29 is 9.53 Å². The van der Waals surface area contributed by atoms with Crippen molar-refractivity contribution in [1.29, 1.82) is 0 Å². The van der Waals surface area contributed by atoms with E-state index in [1.165, 1.54) is 0 Å². The lowest BCUT2D eigenvalue weighted by molar-refractivity contribution is -0.120. The third kappa shape index (κ3) is 4.31. The molecule has 1 aliphatic rings. The van der Waals surface area contributed by atoms with Crippen LogP contribution in [-0.2, 0) is 22.5 Å². The number of morpholine rings is 1. The normalized spacial score (nSPS) is 13.9. The van der Waals surface area contributed by atoms with Crippen LogP contribution in [0, 0.1) is 0 Å². The van der Waals surface area contributed by atoms with Crippen LogP contribution >= 0.6 is 0 Å². The smallest absolute Gasteiger partial charge is 0.224 e. The minimum atomic E-state index is -0.0366. The lowest BCUT2D eigenvalue weighted by atomic mass is 10.1. The molecule has 0 spiro atoms. The zero-order valence-electron chi connectivity index (χ0n) is 17.6. The predicted molar refractivity (Wildman–Crippen MR) is 122 cm³/mol. The van der Waals surface area contributed by atoms with Gasteiger partial charge in [-0.15, -0.1) is 10.2 Å². The number of benzene rings is 1. The van der Waals surface area contributed by atoms with Crippen molar-refractivity contribution in [1.82, 2.24) is 25.1 Å². The van der Waals surface area contributed by atoms with Gasteiger partial charge in [-0.3, -0.25) is 14.3 Å². The molecule has 0 atom stereocenters. The molecule has 0 bridgehead atoms. The molecule has 0 saturated carbocycles. The summed E-state index contributed by atoms with van der Waals surface area (Å²) in [6.45, 7) is 3.51. The van der Waals surface area contributed by atoms with Crippen molar-refractivity contribution in [3.8, 4) is 5.82 Å². The van der Waals surface area contributed by atoms with E-state index in [2.05, 4.69) is 25.4 Å². The summed E-state index contributed by atoms with van der Waals surface area (Å²) in [4.78, 5) is 18.9. The first-order valence-electron chi connectivity index (χ1n) is 10.7. The highest BCUT2D eigenvalue weighted by molar-refractivity contribution is 5.90. The van der Waals surface area contributed by atoms with Gasteiger partial charge in [0.25, 0.3) is 0 Å². The average Bonchev–Trinajstić information content (AvgIpc) is 3.22. The quantitative estimate of drug-likeness (QED) is 0.508. The number of carbonyl (C=O) groups excluding carboxylic acids is 1. The second-order valence-electron chi connectivity index (χ2n) is 7.71. The van der Waals surface area contributed by atoms with Crippen LogP contribution in [0.3, 0.4) is 0 Å². The number of amides is 1. The first kappa shape index (κ1) is 20.1. The summed E-state index contributed by atoms with van der Waals surface area (Å²) in [5.41, 5.74) is 2.92. The Bertz CT molecular complexity index is 1200. The van der Waals surface area contributed by atoms with Gasteiger partial charge in [0.2, 0.25) is 5.91 Å². The van der Waals surface area contributed by atoms with Crippen LogP contribution in [0.25, 0.3) is 16.7 Å². The zero-order chi connectivity index (χ0) is 21.8. The summed E-state index contributed by atoms with van der Waals surface area (Å²) >= 11 is 0. The molecule has 0 aliphatic carbocycles. The van der Waals surface area contributed by atoms with Crippen LogP contribution in [0.2, 0.25) is 0 Å². The molecule has 4 heterocycles. The summed E-state index contributed by atoms with van der Waals surface area (Å²) in [6.07, 6.45) is 5.74. The standard InChI is InChI=1S/C24H24N6O2/c31-24(26-16-18-4-3-9-25-15-18)14-19-17-30(21-6-2-1-5-20(19)21)23-8-7-22(27-28-23)29-10-12-32-13-11-29/h1-9,15,17H,10-14,16H2,(H,26,31). The Balaban J connectivity index is 1.36. The van der Waals surface area contributed by atoms with Crippen LogP contribution in [0.5, 0.6) is 0 Å². The van der Waals surface area contributed by atoms with Gasteiger partial charge in [-0.05, 0) is 35.4 Å². The molecule has 0 radical (unpaired) electrons. The number of pyridine rings is 1. The Morgan fingerprint density at radius 1 is 1.00 bits per heavy atom. The van der Waals surface area contributed by atoms with Crippen LogP contribution in [0.1, 0.15) is 11.1 Å². The molecule has 1 aromatic carbocycles. The third-order valence-electron chi connectivity index (χ3n) is 5.58. The Labute approximate surface area is 185 Å². The molecule has 8 nitrogen and oxygen atoms in total. The SMILES string of the molecule is O=C(Cc1cn(-c2ccc(N3CCOCC3)nn2)c2ccccc12)NCc1cccnc1. The average molecular weight is 428 g/mol. The van der Waals surface area contributed by atoms with Gasteiger partial charge in [0, 0.05) is 43.6 Å². The van der Waals surface area contributed by atoms with Crippen LogP contribution in [0.15, 0.2) is 67.1 Å². The first-order valence-corrected chi connectivity index (χ1v) is 10.7.